The van der Waals surface area contributed by atoms with Gasteiger partial charge in [-0.05, 0) is 36.4 Å². The van der Waals surface area contributed by atoms with Crippen molar-refractivity contribution in [1.82, 2.24) is 0 Å². The van der Waals surface area contributed by atoms with Crippen LogP contribution in [0.15, 0.2) is 111 Å². The molecule has 0 aromatic heterocycles. The number of Topliss-reactive ketones (excluding diaryl/α,β-unsaturated/α-hetero) is 2. The number of nitrogens with zero attached hydrogens (tertiary/aromatic N) is 4. The van der Waals surface area contributed by atoms with E-state index in [-0.39, 0.29) is 39.2 Å². The second kappa shape index (κ2) is 11.3. The number of benzene rings is 4. The van der Waals surface area contributed by atoms with E-state index in [1.54, 1.807) is 18.2 Å². The van der Waals surface area contributed by atoms with E-state index in [9.17, 15) is 47.4 Å². The van der Waals surface area contributed by atoms with Crippen molar-refractivity contribution < 1.29 is 45.9 Å². The average molecular weight is 663 g/mol. The predicted molar refractivity (Wildman–Crippen MR) is 166 cm³/mol. The Kier molecular flexibility index (Phi) is 7.43. The number of hydrogen-bond donors (Lipinski definition) is 1. The van der Waals surface area contributed by atoms with Gasteiger partial charge in [-0.15, -0.1) is 0 Å². The van der Waals surface area contributed by atoms with Crippen LogP contribution in [0.3, 0.4) is 0 Å². The lowest BCUT2D eigenvalue weighted by Gasteiger charge is -2.19. The molecule has 4 aromatic carbocycles. The lowest BCUT2D eigenvalue weighted by atomic mass is 9.95. The molecule has 6 rings (SSSR count). The molecule has 12 nitrogen and oxygen atoms in total. The van der Waals surface area contributed by atoms with Gasteiger partial charge in [0, 0.05) is 40.0 Å². The normalized spacial score (nSPS) is 13.9. The molecule has 0 unspecified atom stereocenters. The summed E-state index contributed by atoms with van der Waals surface area (Å²) in [6.45, 7) is 0. The number of rotatable bonds is 6. The Morgan fingerprint density at radius 3 is 1.62 bits per heavy atom. The molecule has 0 saturated heterocycles. The Morgan fingerprint density at radius 1 is 0.596 bits per heavy atom. The molecular formula is C33H18N4O8S2. The average Bonchev–Trinajstić information content (AvgIpc) is 3.08. The highest BCUT2D eigenvalue weighted by atomic mass is 32.2. The molecule has 0 radical (unpaired) electrons. The van der Waals surface area contributed by atoms with E-state index >= 15 is 0 Å². The molecule has 4 aromatic rings. The molecule has 0 saturated carbocycles. The number of aromatic hydroxyl groups is 1. The van der Waals surface area contributed by atoms with Crippen LogP contribution in [0.2, 0.25) is 0 Å². The van der Waals surface area contributed by atoms with Gasteiger partial charge in [-0.25, -0.2) is 16.8 Å². The number of phenolic OH excluding ortho intramolecular Hbond substituents is 1. The number of allylic oxidation sites excluding steroid dienone is 2. The van der Waals surface area contributed by atoms with E-state index in [0.717, 1.165) is 36.4 Å². The Bertz CT molecular complexity index is 2510. The Balaban J connectivity index is 1.66. The van der Waals surface area contributed by atoms with Gasteiger partial charge in [0.05, 0.1) is 20.2 Å². The third-order valence-electron chi connectivity index (χ3n) is 7.63. The van der Waals surface area contributed by atoms with Gasteiger partial charge in [-0.3, -0.25) is 14.4 Å². The molecule has 0 aliphatic heterocycles. The van der Waals surface area contributed by atoms with Gasteiger partial charge in [0.15, 0.2) is 5.78 Å². The van der Waals surface area contributed by atoms with Crippen LogP contribution in [-0.4, -0.2) is 60.3 Å². The summed E-state index contributed by atoms with van der Waals surface area (Å²) in [5.74, 6) is -3.57. The molecule has 230 valence electrons. The standard InChI is InChI=1S/C33H18N4O8S2/c34-36-24-15-12-19-21(30(24)39)8-4-10-26(19)46(42,43)28-17-14-23(29(38)18-6-2-1-3-7-18)32(41)33(28)47(44,45)27-11-5-9-22-20(27)13-16-25(37-35)31(22)40/h1-17,41H. The van der Waals surface area contributed by atoms with E-state index in [1.807, 2.05) is 0 Å². The largest absolute Gasteiger partial charge is 0.506 e. The number of sulfone groups is 2. The topological polar surface area (TPSA) is 213 Å². The molecule has 0 atom stereocenters. The van der Waals surface area contributed by atoms with Gasteiger partial charge in [-0.2, -0.15) is 9.58 Å². The summed E-state index contributed by atoms with van der Waals surface area (Å²) < 4.78 is 57.9. The van der Waals surface area contributed by atoms with Crippen molar-refractivity contribution >= 4 is 60.6 Å². The molecule has 0 amide bonds. The molecule has 0 fully saturated rings. The highest BCUT2D eigenvalue weighted by molar-refractivity contribution is 7.94. The van der Waals surface area contributed by atoms with Crippen LogP contribution in [0.5, 0.6) is 5.75 Å². The van der Waals surface area contributed by atoms with Crippen LogP contribution in [0.1, 0.15) is 47.8 Å². The molecule has 2 aliphatic rings. The van der Waals surface area contributed by atoms with Crippen molar-refractivity contribution in [3.63, 3.8) is 0 Å². The van der Waals surface area contributed by atoms with Crippen LogP contribution in [0, 0.1) is 0 Å². The van der Waals surface area contributed by atoms with E-state index in [1.165, 1.54) is 48.6 Å². The zero-order chi connectivity index (χ0) is 33.7. The molecule has 2 aliphatic carbocycles. The number of hydrogen-bond acceptors (Lipinski definition) is 8. The first-order valence-corrected chi connectivity index (χ1v) is 16.5. The van der Waals surface area contributed by atoms with Gasteiger partial charge in [-0.1, -0.05) is 54.6 Å². The number of fused-ring (bicyclic) bond motifs is 2. The number of carbonyl (C=O) groups is 3. The maximum absolute atomic E-state index is 14.5. The molecule has 0 bridgehead atoms. The minimum atomic E-state index is -5.09. The SMILES string of the molecule is [N-]=[N+]=C1C=Cc2c(cccc2S(=O)(=O)c2ccc(C(=O)c3ccccc3)c(O)c2S(=O)(=O)c2cccc3c2C=CC(=[N+]=[N-])C3=O)C1=O. The molecule has 0 heterocycles. The lowest BCUT2D eigenvalue weighted by Crippen LogP contribution is -2.21. The first-order valence-electron chi connectivity index (χ1n) is 13.5. The molecule has 47 heavy (non-hydrogen) atoms. The Morgan fingerprint density at radius 2 is 1.11 bits per heavy atom. The summed E-state index contributed by atoms with van der Waals surface area (Å²) in [6, 6.07) is 16.7. The first-order chi connectivity index (χ1) is 22.4. The first kappa shape index (κ1) is 30.8. The summed E-state index contributed by atoms with van der Waals surface area (Å²) in [5, 5.41) is 11.6. The lowest BCUT2D eigenvalue weighted by molar-refractivity contribution is -0.00459. The highest BCUT2D eigenvalue weighted by Crippen LogP contribution is 2.42. The fraction of sp³-hybridized carbons (Fsp3) is 0. The van der Waals surface area contributed by atoms with Gasteiger partial charge in [0.1, 0.15) is 10.6 Å². The molecule has 14 heteroatoms. The monoisotopic (exact) mass is 662 g/mol. The summed E-state index contributed by atoms with van der Waals surface area (Å²) in [5.41, 5.74) is 16.6. The quantitative estimate of drug-likeness (QED) is 0.180. The summed E-state index contributed by atoms with van der Waals surface area (Å²) >= 11 is 0. The summed E-state index contributed by atoms with van der Waals surface area (Å²) in [7, 11) is -10.0. The van der Waals surface area contributed by atoms with E-state index in [4.69, 9.17) is 0 Å². The van der Waals surface area contributed by atoms with Crippen LogP contribution in [-0.2, 0) is 19.7 Å². The van der Waals surface area contributed by atoms with Gasteiger partial charge in [0.2, 0.25) is 19.7 Å². The van der Waals surface area contributed by atoms with E-state index in [2.05, 4.69) is 9.58 Å². The number of ketones is 3. The smallest absolute Gasteiger partial charge is 0.362 e. The maximum atomic E-state index is 14.5. The van der Waals surface area contributed by atoms with Crippen LogP contribution in [0.25, 0.3) is 23.2 Å². The number of phenols is 1. The summed E-state index contributed by atoms with van der Waals surface area (Å²) in [6.07, 6.45) is 4.56. The van der Waals surface area contributed by atoms with E-state index in [0.29, 0.717) is 0 Å². The van der Waals surface area contributed by atoms with Gasteiger partial charge < -0.3 is 16.2 Å². The predicted octanol–water partition coefficient (Wildman–Crippen LogP) is 4.05. The minimum Gasteiger partial charge on any atom is -0.506 e. The zero-order valence-electron chi connectivity index (χ0n) is 23.7. The fourth-order valence-electron chi connectivity index (χ4n) is 5.39. The van der Waals surface area contributed by atoms with Crippen molar-refractivity contribution in [2.24, 2.45) is 0 Å². The van der Waals surface area contributed by atoms with Crippen molar-refractivity contribution in [1.29, 1.82) is 0 Å². The van der Waals surface area contributed by atoms with Crippen LogP contribution < -0.4 is 0 Å². The van der Waals surface area contributed by atoms with Crippen molar-refractivity contribution in [2.75, 3.05) is 0 Å². The maximum Gasteiger partial charge on any atom is 0.362 e. The highest BCUT2D eigenvalue weighted by Gasteiger charge is 2.39. The van der Waals surface area contributed by atoms with Crippen LogP contribution >= 0.6 is 0 Å². The Labute approximate surface area is 266 Å². The molecular weight excluding hydrogens is 645 g/mol. The molecule has 1 N–H and O–H groups in total. The third-order valence-corrected chi connectivity index (χ3v) is 11.5. The van der Waals surface area contributed by atoms with Crippen LogP contribution in [0.4, 0.5) is 0 Å². The van der Waals surface area contributed by atoms with Gasteiger partial charge >= 0.3 is 11.4 Å². The second-order valence-corrected chi connectivity index (χ2v) is 14.0. The minimum absolute atomic E-state index is 0.0744. The van der Waals surface area contributed by atoms with Crippen molar-refractivity contribution in [3.05, 3.63) is 135 Å². The Hall–Kier alpha value is -6.17. The number of carbonyl (C=O) groups excluding carboxylic acids is 3. The zero-order valence-corrected chi connectivity index (χ0v) is 25.4. The summed E-state index contributed by atoms with van der Waals surface area (Å²) in [4.78, 5) is 41.8. The van der Waals surface area contributed by atoms with E-state index < -0.39 is 67.9 Å². The van der Waals surface area contributed by atoms with Crippen molar-refractivity contribution in [2.45, 2.75) is 19.6 Å². The fourth-order valence-corrected chi connectivity index (χ4v) is 9.24. The molecule has 0 spiro atoms. The van der Waals surface area contributed by atoms with Gasteiger partial charge in [0.25, 0.3) is 11.6 Å². The second-order valence-electron chi connectivity index (χ2n) is 10.2. The van der Waals surface area contributed by atoms with Crippen molar-refractivity contribution in [3.8, 4) is 5.75 Å². The third kappa shape index (κ3) is 4.81.